The number of carbonyl (C=O) groups is 1. The molecule has 2 N–H and O–H groups in total. The zero-order valence-electron chi connectivity index (χ0n) is 10.5. The summed E-state index contributed by atoms with van der Waals surface area (Å²) in [5, 5.41) is 0. The van der Waals surface area contributed by atoms with E-state index >= 15 is 0 Å². The first kappa shape index (κ1) is 12.5. The Kier molecular flexibility index (Phi) is 3.01. The molecule has 2 fully saturated rings. The summed E-state index contributed by atoms with van der Waals surface area (Å²) >= 11 is 0. The SMILES string of the molecule is NC1CCC(=O)N(C2CC2)C1c1cccc(F)c1F. The second-order valence-corrected chi connectivity index (χ2v) is 5.32. The van der Waals surface area contributed by atoms with Crippen molar-refractivity contribution >= 4 is 5.91 Å². The molecule has 0 radical (unpaired) electrons. The van der Waals surface area contributed by atoms with Crippen LogP contribution in [0.5, 0.6) is 0 Å². The van der Waals surface area contributed by atoms with Crippen LogP contribution in [0.4, 0.5) is 8.78 Å². The standard InChI is InChI=1S/C14H16F2N2O/c15-10-3-1-2-9(13(10)16)14-11(17)6-7-12(19)18(14)8-4-5-8/h1-3,8,11,14H,4-7,17H2. The number of benzene rings is 1. The third kappa shape index (κ3) is 2.12. The molecule has 1 aromatic rings. The summed E-state index contributed by atoms with van der Waals surface area (Å²) in [7, 11) is 0. The summed E-state index contributed by atoms with van der Waals surface area (Å²) in [5.74, 6) is -1.78. The van der Waals surface area contributed by atoms with Crippen LogP contribution < -0.4 is 5.73 Å². The van der Waals surface area contributed by atoms with Crippen molar-refractivity contribution in [1.82, 2.24) is 4.90 Å². The molecule has 1 saturated carbocycles. The number of hydrogen-bond donors (Lipinski definition) is 1. The third-order valence-electron chi connectivity index (χ3n) is 3.93. The molecule has 102 valence electrons. The van der Waals surface area contributed by atoms with Crippen LogP contribution in [0.1, 0.15) is 37.3 Å². The van der Waals surface area contributed by atoms with Crippen LogP contribution in [0.15, 0.2) is 18.2 Å². The number of nitrogens with two attached hydrogens (primary N) is 1. The Bertz CT molecular complexity index is 516. The number of likely N-dealkylation sites (tertiary alicyclic amines) is 1. The monoisotopic (exact) mass is 266 g/mol. The maximum absolute atomic E-state index is 14.0. The van der Waals surface area contributed by atoms with Crippen molar-refractivity contribution in [1.29, 1.82) is 0 Å². The molecule has 19 heavy (non-hydrogen) atoms. The first-order chi connectivity index (χ1) is 9.09. The van der Waals surface area contributed by atoms with Crippen molar-refractivity contribution in [2.45, 2.75) is 43.8 Å². The molecule has 1 aromatic carbocycles. The molecule has 1 saturated heterocycles. The second kappa shape index (κ2) is 4.56. The number of hydrogen-bond acceptors (Lipinski definition) is 2. The first-order valence-electron chi connectivity index (χ1n) is 6.60. The molecule has 3 rings (SSSR count). The molecule has 5 heteroatoms. The summed E-state index contributed by atoms with van der Waals surface area (Å²) in [4.78, 5) is 13.7. The van der Waals surface area contributed by atoms with Gasteiger partial charge in [0.1, 0.15) is 0 Å². The molecule has 3 nitrogen and oxygen atoms in total. The van der Waals surface area contributed by atoms with Crippen LogP contribution in [0.25, 0.3) is 0 Å². The summed E-state index contributed by atoms with van der Waals surface area (Å²) < 4.78 is 27.4. The van der Waals surface area contributed by atoms with Crippen molar-refractivity contribution < 1.29 is 13.6 Å². The van der Waals surface area contributed by atoms with Crippen LogP contribution in [-0.4, -0.2) is 22.9 Å². The van der Waals surface area contributed by atoms with Gasteiger partial charge in [-0.1, -0.05) is 12.1 Å². The van der Waals surface area contributed by atoms with Crippen molar-refractivity contribution in [3.05, 3.63) is 35.4 Å². The topological polar surface area (TPSA) is 46.3 Å². The lowest BCUT2D eigenvalue weighted by Gasteiger charge is -2.40. The zero-order chi connectivity index (χ0) is 13.6. The van der Waals surface area contributed by atoms with Crippen LogP contribution in [0.2, 0.25) is 0 Å². The lowest BCUT2D eigenvalue weighted by atomic mass is 9.90. The second-order valence-electron chi connectivity index (χ2n) is 5.32. The number of piperidine rings is 1. The van der Waals surface area contributed by atoms with Gasteiger partial charge in [0.15, 0.2) is 11.6 Å². The lowest BCUT2D eigenvalue weighted by Crippen LogP contribution is -2.50. The molecule has 1 aliphatic carbocycles. The van der Waals surface area contributed by atoms with Gasteiger partial charge in [-0.2, -0.15) is 0 Å². The molecule has 1 heterocycles. The molecule has 2 aliphatic rings. The van der Waals surface area contributed by atoms with E-state index in [1.54, 1.807) is 4.90 Å². The van der Waals surface area contributed by atoms with Crippen LogP contribution in [0, 0.1) is 11.6 Å². The smallest absolute Gasteiger partial charge is 0.223 e. The van der Waals surface area contributed by atoms with Gasteiger partial charge in [-0.3, -0.25) is 4.79 Å². The maximum atomic E-state index is 14.0. The number of rotatable bonds is 2. The quantitative estimate of drug-likeness (QED) is 0.891. The van der Waals surface area contributed by atoms with Gasteiger partial charge in [-0.15, -0.1) is 0 Å². The van der Waals surface area contributed by atoms with Gasteiger partial charge in [0.05, 0.1) is 6.04 Å². The first-order valence-corrected chi connectivity index (χ1v) is 6.60. The molecule has 0 bridgehead atoms. The predicted octanol–water partition coefficient (Wildman–Crippen LogP) is 2.12. The highest BCUT2D eigenvalue weighted by molar-refractivity contribution is 5.78. The highest BCUT2D eigenvalue weighted by Crippen LogP contribution is 2.40. The summed E-state index contributed by atoms with van der Waals surface area (Å²) in [6.45, 7) is 0. The van der Waals surface area contributed by atoms with Crippen molar-refractivity contribution in [3.8, 4) is 0 Å². The van der Waals surface area contributed by atoms with Crippen LogP contribution in [0.3, 0.4) is 0 Å². The third-order valence-corrected chi connectivity index (χ3v) is 3.93. The predicted molar refractivity (Wildman–Crippen MR) is 66.2 cm³/mol. The minimum absolute atomic E-state index is 0.00198. The summed E-state index contributed by atoms with van der Waals surface area (Å²) in [6.07, 6.45) is 2.76. The van der Waals surface area contributed by atoms with E-state index in [4.69, 9.17) is 5.73 Å². The fourth-order valence-electron chi connectivity index (χ4n) is 2.85. The van der Waals surface area contributed by atoms with Gasteiger partial charge >= 0.3 is 0 Å². The summed E-state index contributed by atoms with van der Waals surface area (Å²) in [6, 6.07) is 3.34. The molecule has 1 amide bonds. The van der Waals surface area contributed by atoms with E-state index in [9.17, 15) is 13.6 Å². The molecule has 2 unspecified atom stereocenters. The van der Waals surface area contributed by atoms with E-state index in [0.717, 1.165) is 18.9 Å². The van der Waals surface area contributed by atoms with Crippen LogP contribution >= 0.6 is 0 Å². The molecule has 0 spiro atoms. The fraction of sp³-hybridized carbons (Fsp3) is 0.500. The molecule has 0 aromatic heterocycles. The van der Waals surface area contributed by atoms with E-state index < -0.39 is 17.7 Å². The van der Waals surface area contributed by atoms with E-state index in [1.807, 2.05) is 0 Å². The fourth-order valence-corrected chi connectivity index (χ4v) is 2.85. The Morgan fingerprint density at radius 1 is 1.21 bits per heavy atom. The zero-order valence-corrected chi connectivity index (χ0v) is 10.5. The Labute approximate surface area is 110 Å². The number of halogens is 2. The average molecular weight is 266 g/mol. The van der Waals surface area contributed by atoms with Gasteiger partial charge in [-0.05, 0) is 25.3 Å². The molecular weight excluding hydrogens is 250 g/mol. The number of amides is 1. The number of carbonyl (C=O) groups excluding carboxylic acids is 1. The average Bonchev–Trinajstić information content (AvgIpc) is 3.20. The van der Waals surface area contributed by atoms with Crippen molar-refractivity contribution in [2.75, 3.05) is 0 Å². The molecule has 1 aliphatic heterocycles. The van der Waals surface area contributed by atoms with E-state index in [1.165, 1.54) is 12.1 Å². The lowest BCUT2D eigenvalue weighted by molar-refractivity contribution is -0.138. The van der Waals surface area contributed by atoms with Gasteiger partial charge in [0, 0.05) is 24.1 Å². The molecule has 2 atom stereocenters. The van der Waals surface area contributed by atoms with Crippen LogP contribution in [-0.2, 0) is 4.79 Å². The van der Waals surface area contributed by atoms with Gasteiger partial charge in [0.2, 0.25) is 5.91 Å². The van der Waals surface area contributed by atoms with Crippen molar-refractivity contribution in [3.63, 3.8) is 0 Å². The normalized spacial score (nSPS) is 27.7. The highest BCUT2D eigenvalue weighted by atomic mass is 19.2. The Balaban J connectivity index is 2.03. The Morgan fingerprint density at radius 3 is 2.63 bits per heavy atom. The van der Waals surface area contributed by atoms with Crippen molar-refractivity contribution in [2.24, 2.45) is 5.73 Å². The minimum atomic E-state index is -0.890. The van der Waals surface area contributed by atoms with Gasteiger partial charge in [-0.25, -0.2) is 8.78 Å². The van der Waals surface area contributed by atoms with E-state index in [-0.39, 0.29) is 23.6 Å². The van der Waals surface area contributed by atoms with Gasteiger partial charge in [0.25, 0.3) is 0 Å². The van der Waals surface area contributed by atoms with E-state index in [0.29, 0.717) is 12.8 Å². The highest BCUT2D eigenvalue weighted by Gasteiger charge is 2.44. The summed E-state index contributed by atoms with van der Waals surface area (Å²) in [5.41, 5.74) is 6.27. The molecular formula is C14H16F2N2O. The Hall–Kier alpha value is -1.49. The minimum Gasteiger partial charge on any atom is -0.331 e. The van der Waals surface area contributed by atoms with E-state index in [2.05, 4.69) is 0 Å². The maximum Gasteiger partial charge on any atom is 0.223 e. The number of nitrogens with zero attached hydrogens (tertiary/aromatic N) is 1. The van der Waals surface area contributed by atoms with Gasteiger partial charge < -0.3 is 10.6 Å². The Morgan fingerprint density at radius 2 is 1.95 bits per heavy atom. The largest absolute Gasteiger partial charge is 0.331 e.